The Hall–Kier alpha value is -2.82. The number of aryl methyl sites for hydroxylation is 2. The molecule has 0 radical (unpaired) electrons. The van der Waals surface area contributed by atoms with Gasteiger partial charge in [0.1, 0.15) is 16.8 Å². The number of nitriles is 1. The zero-order valence-electron chi connectivity index (χ0n) is 14.4. The summed E-state index contributed by atoms with van der Waals surface area (Å²) in [5, 5.41) is 22.1. The minimum Gasteiger partial charge on any atom is -0.393 e. The second kappa shape index (κ2) is 7.20. The first-order valence-corrected chi connectivity index (χ1v) is 8.49. The lowest BCUT2D eigenvalue weighted by Gasteiger charge is -2.10. The van der Waals surface area contributed by atoms with E-state index in [1.54, 1.807) is 29.2 Å². The average molecular weight is 372 g/mol. The fourth-order valence-corrected chi connectivity index (χ4v) is 3.02. The van der Waals surface area contributed by atoms with Crippen molar-refractivity contribution >= 4 is 34.0 Å². The molecule has 0 amide bonds. The van der Waals surface area contributed by atoms with Crippen molar-refractivity contribution in [3.05, 3.63) is 51.7 Å². The maximum atomic E-state index is 12.5. The van der Waals surface area contributed by atoms with Crippen LogP contribution in [-0.4, -0.2) is 25.3 Å². The van der Waals surface area contributed by atoms with Crippen LogP contribution in [0.2, 0.25) is 5.15 Å². The molecule has 2 N–H and O–H groups in total. The summed E-state index contributed by atoms with van der Waals surface area (Å²) >= 11 is 5.96. The van der Waals surface area contributed by atoms with Gasteiger partial charge in [0.15, 0.2) is 0 Å². The quantitative estimate of drug-likeness (QED) is 0.672. The highest BCUT2D eigenvalue weighted by Gasteiger charge is 2.13. The van der Waals surface area contributed by atoms with Crippen LogP contribution in [-0.2, 0) is 13.6 Å². The van der Waals surface area contributed by atoms with E-state index in [0.717, 1.165) is 11.0 Å². The number of imidazole rings is 1. The van der Waals surface area contributed by atoms with E-state index in [0.29, 0.717) is 24.3 Å². The van der Waals surface area contributed by atoms with E-state index in [4.69, 9.17) is 11.6 Å². The predicted octanol–water partition coefficient (Wildman–Crippen LogP) is 2.77. The number of halogens is 1. The lowest BCUT2D eigenvalue weighted by atomic mass is 10.2. The van der Waals surface area contributed by atoms with Crippen LogP contribution in [0.4, 0.5) is 11.4 Å². The number of aliphatic hydroxyl groups excluding tert-OH is 1. The van der Waals surface area contributed by atoms with Crippen molar-refractivity contribution in [2.45, 2.75) is 26.0 Å². The highest BCUT2D eigenvalue weighted by Crippen LogP contribution is 2.26. The van der Waals surface area contributed by atoms with Gasteiger partial charge in [-0.3, -0.25) is 9.13 Å². The predicted molar refractivity (Wildman–Crippen MR) is 101 cm³/mol. The molecule has 0 aliphatic heterocycles. The number of rotatable bonds is 5. The molecule has 0 spiro atoms. The van der Waals surface area contributed by atoms with Gasteiger partial charge in [0.05, 0.1) is 22.8 Å². The molecule has 0 bridgehead atoms. The zero-order chi connectivity index (χ0) is 18.8. The number of hydrogen-bond donors (Lipinski definition) is 2. The molecule has 1 aromatic carbocycles. The van der Waals surface area contributed by atoms with Gasteiger partial charge in [-0.15, -0.1) is 0 Å². The number of nitrogens with zero attached hydrogens (tertiary/aromatic N) is 4. The second-order valence-electron chi connectivity index (χ2n) is 6.10. The Labute approximate surface area is 155 Å². The van der Waals surface area contributed by atoms with Crippen molar-refractivity contribution in [3.63, 3.8) is 0 Å². The first-order chi connectivity index (χ1) is 12.4. The van der Waals surface area contributed by atoms with Crippen LogP contribution in [0.3, 0.4) is 0 Å². The van der Waals surface area contributed by atoms with E-state index in [1.165, 1.54) is 6.20 Å². The summed E-state index contributed by atoms with van der Waals surface area (Å²) in [4.78, 5) is 16.4. The highest BCUT2D eigenvalue weighted by atomic mass is 35.5. The number of pyridine rings is 1. The van der Waals surface area contributed by atoms with Crippen LogP contribution in [0.5, 0.6) is 0 Å². The highest BCUT2D eigenvalue weighted by molar-refractivity contribution is 6.31. The van der Waals surface area contributed by atoms with Gasteiger partial charge in [0.2, 0.25) is 0 Å². The lowest BCUT2D eigenvalue weighted by molar-refractivity contribution is 0.178. The van der Waals surface area contributed by atoms with Crippen LogP contribution in [0.15, 0.2) is 35.3 Å². The fraction of sp³-hybridized carbons (Fsp3) is 0.278. The fourth-order valence-electron chi connectivity index (χ4n) is 2.82. The van der Waals surface area contributed by atoms with Gasteiger partial charge < -0.3 is 10.4 Å². The van der Waals surface area contributed by atoms with Crippen LogP contribution in [0.25, 0.3) is 11.0 Å². The number of hydrogen-bond acceptors (Lipinski definition) is 5. The standard InChI is InChI=1S/C18H18ClN5O2/c1-11(25)6-8-24-16-9-12(3-4-15(16)23(2)18(24)26)22-14-5-7-21-17(19)13(14)10-20/h3-5,7,9,11,25H,6,8H2,1-2H3,(H,21,22)/t11-/m1/s1. The normalized spacial score (nSPS) is 12.1. The molecule has 8 heteroatoms. The lowest BCUT2D eigenvalue weighted by Crippen LogP contribution is -2.23. The Bertz CT molecular complexity index is 1060. The minimum atomic E-state index is -0.490. The van der Waals surface area contributed by atoms with E-state index in [9.17, 15) is 15.2 Å². The third-order valence-corrected chi connectivity index (χ3v) is 4.50. The van der Waals surface area contributed by atoms with Gasteiger partial charge in [-0.2, -0.15) is 5.26 Å². The molecule has 0 saturated heterocycles. The Kier molecular flexibility index (Phi) is 4.98. The Morgan fingerprint density at radius 1 is 1.38 bits per heavy atom. The summed E-state index contributed by atoms with van der Waals surface area (Å²) in [7, 11) is 1.72. The first-order valence-electron chi connectivity index (χ1n) is 8.11. The van der Waals surface area contributed by atoms with E-state index in [1.807, 2.05) is 24.3 Å². The summed E-state index contributed by atoms with van der Waals surface area (Å²) in [6.45, 7) is 2.11. The van der Waals surface area contributed by atoms with E-state index in [-0.39, 0.29) is 16.4 Å². The molecule has 0 fully saturated rings. The van der Waals surface area contributed by atoms with E-state index < -0.39 is 6.10 Å². The third-order valence-electron chi connectivity index (χ3n) is 4.21. The van der Waals surface area contributed by atoms with Gasteiger partial charge in [0, 0.05) is 25.5 Å². The largest absolute Gasteiger partial charge is 0.393 e. The molecule has 2 heterocycles. The number of aromatic nitrogens is 3. The Balaban J connectivity index is 2.04. The summed E-state index contributed by atoms with van der Waals surface area (Å²) in [6.07, 6.45) is 1.51. The second-order valence-corrected chi connectivity index (χ2v) is 6.45. The number of nitrogens with one attached hydrogen (secondary N) is 1. The molecular weight excluding hydrogens is 354 g/mol. The van der Waals surface area contributed by atoms with E-state index >= 15 is 0 Å². The Morgan fingerprint density at radius 3 is 2.85 bits per heavy atom. The molecule has 2 aromatic heterocycles. The smallest absolute Gasteiger partial charge is 0.328 e. The monoisotopic (exact) mass is 371 g/mol. The van der Waals surface area contributed by atoms with Gasteiger partial charge in [-0.1, -0.05) is 11.6 Å². The minimum absolute atomic E-state index is 0.132. The van der Waals surface area contributed by atoms with Gasteiger partial charge in [0.25, 0.3) is 0 Å². The van der Waals surface area contributed by atoms with E-state index in [2.05, 4.69) is 10.3 Å². The molecule has 0 saturated carbocycles. The van der Waals surface area contributed by atoms with Crippen molar-refractivity contribution in [2.24, 2.45) is 7.05 Å². The van der Waals surface area contributed by atoms with Gasteiger partial charge in [-0.25, -0.2) is 9.78 Å². The molecule has 3 aromatic rings. The average Bonchev–Trinajstić information content (AvgIpc) is 2.84. The van der Waals surface area contributed by atoms with Crippen LogP contribution in [0.1, 0.15) is 18.9 Å². The molecule has 0 aliphatic carbocycles. The summed E-state index contributed by atoms with van der Waals surface area (Å²) in [5.41, 5.74) is 2.92. The summed E-state index contributed by atoms with van der Waals surface area (Å²) < 4.78 is 3.21. The van der Waals surface area contributed by atoms with Gasteiger partial charge >= 0.3 is 5.69 Å². The molecule has 26 heavy (non-hydrogen) atoms. The Morgan fingerprint density at radius 2 is 2.15 bits per heavy atom. The first kappa shape index (κ1) is 18.0. The van der Waals surface area contributed by atoms with Crippen molar-refractivity contribution in [1.29, 1.82) is 5.26 Å². The van der Waals surface area contributed by atoms with Crippen molar-refractivity contribution in [1.82, 2.24) is 14.1 Å². The number of anilines is 2. The van der Waals surface area contributed by atoms with Crippen LogP contribution >= 0.6 is 11.6 Å². The molecule has 0 unspecified atom stereocenters. The molecular formula is C18H18ClN5O2. The maximum Gasteiger partial charge on any atom is 0.328 e. The number of benzene rings is 1. The van der Waals surface area contributed by atoms with Crippen molar-refractivity contribution in [2.75, 3.05) is 5.32 Å². The maximum absolute atomic E-state index is 12.5. The van der Waals surface area contributed by atoms with Crippen LogP contribution in [0, 0.1) is 11.3 Å². The molecule has 134 valence electrons. The molecule has 7 nitrogen and oxygen atoms in total. The summed E-state index contributed by atoms with van der Waals surface area (Å²) in [5.74, 6) is 0. The third kappa shape index (κ3) is 3.29. The number of aliphatic hydroxyl groups is 1. The van der Waals surface area contributed by atoms with Crippen molar-refractivity contribution in [3.8, 4) is 6.07 Å². The van der Waals surface area contributed by atoms with Crippen molar-refractivity contribution < 1.29 is 5.11 Å². The van der Waals surface area contributed by atoms with Gasteiger partial charge in [-0.05, 0) is 37.6 Å². The molecule has 3 rings (SSSR count). The zero-order valence-corrected chi connectivity index (χ0v) is 15.2. The SMILES string of the molecule is C[C@@H](O)CCn1c(=O)n(C)c2ccc(Nc3ccnc(Cl)c3C#N)cc21. The summed E-state index contributed by atoms with van der Waals surface area (Å²) in [6, 6.07) is 9.21. The molecule has 0 aliphatic rings. The van der Waals surface area contributed by atoms with Crippen LogP contribution < -0.4 is 11.0 Å². The molecule has 1 atom stereocenters. The number of fused-ring (bicyclic) bond motifs is 1. The topological polar surface area (TPSA) is 95.9 Å².